The monoisotopic (exact) mass is 219 g/mol. The van der Waals surface area contributed by atoms with Gasteiger partial charge in [-0.15, -0.1) is 0 Å². The first-order valence-corrected chi connectivity index (χ1v) is 5.65. The van der Waals surface area contributed by atoms with Crippen molar-refractivity contribution in [2.24, 2.45) is 5.92 Å². The number of hydrogen-bond acceptors (Lipinski definition) is 3. The number of pyridine rings is 1. The lowest BCUT2D eigenvalue weighted by Crippen LogP contribution is -2.38. The van der Waals surface area contributed by atoms with E-state index in [9.17, 15) is 4.79 Å². The maximum absolute atomic E-state index is 12.0. The first-order chi connectivity index (χ1) is 7.75. The normalized spacial score (nSPS) is 21.7. The third kappa shape index (κ3) is 2.79. The van der Waals surface area contributed by atoms with Crippen molar-refractivity contribution in [3.8, 4) is 0 Å². The highest BCUT2D eigenvalue weighted by atomic mass is 16.1. The van der Waals surface area contributed by atoms with Crippen molar-refractivity contribution < 1.29 is 4.79 Å². The van der Waals surface area contributed by atoms with E-state index in [0.29, 0.717) is 0 Å². The van der Waals surface area contributed by atoms with Gasteiger partial charge < -0.3 is 10.2 Å². The van der Waals surface area contributed by atoms with Gasteiger partial charge in [-0.2, -0.15) is 0 Å². The predicted octanol–water partition coefficient (Wildman–Crippen LogP) is 1.36. The molecule has 0 saturated carbocycles. The Bertz CT molecular complexity index is 353. The second kappa shape index (κ2) is 5.07. The molecule has 1 amide bonds. The van der Waals surface area contributed by atoms with Crippen LogP contribution < -0.4 is 5.32 Å². The van der Waals surface area contributed by atoms with Crippen LogP contribution in [-0.4, -0.2) is 35.9 Å². The smallest absolute Gasteiger partial charge is 0.228 e. The molecule has 2 rings (SSSR count). The van der Waals surface area contributed by atoms with Gasteiger partial charge in [0, 0.05) is 24.6 Å². The van der Waals surface area contributed by atoms with Crippen LogP contribution in [0.4, 0.5) is 5.69 Å². The second-order valence-corrected chi connectivity index (χ2v) is 4.33. The van der Waals surface area contributed by atoms with Gasteiger partial charge in [0.15, 0.2) is 0 Å². The second-order valence-electron chi connectivity index (χ2n) is 4.33. The Hall–Kier alpha value is -1.42. The van der Waals surface area contributed by atoms with Gasteiger partial charge in [-0.3, -0.25) is 9.78 Å². The zero-order valence-electron chi connectivity index (χ0n) is 9.52. The summed E-state index contributed by atoms with van der Waals surface area (Å²) < 4.78 is 0. The molecule has 1 saturated heterocycles. The lowest BCUT2D eigenvalue weighted by Gasteiger charge is -2.28. The maximum Gasteiger partial charge on any atom is 0.228 e. The van der Waals surface area contributed by atoms with E-state index >= 15 is 0 Å². The molecule has 86 valence electrons. The highest BCUT2D eigenvalue weighted by Crippen LogP contribution is 2.17. The van der Waals surface area contributed by atoms with Crippen molar-refractivity contribution >= 4 is 11.6 Å². The molecule has 1 N–H and O–H groups in total. The Morgan fingerprint density at radius 1 is 1.50 bits per heavy atom. The summed E-state index contributed by atoms with van der Waals surface area (Å²) in [6.07, 6.45) is 5.46. The molecular weight excluding hydrogens is 202 g/mol. The molecule has 0 radical (unpaired) electrons. The zero-order valence-corrected chi connectivity index (χ0v) is 9.52. The summed E-state index contributed by atoms with van der Waals surface area (Å²) in [7, 11) is 2.06. The van der Waals surface area contributed by atoms with Crippen LogP contribution in [-0.2, 0) is 4.79 Å². The zero-order chi connectivity index (χ0) is 11.4. The quantitative estimate of drug-likeness (QED) is 0.817. The number of carbonyl (C=O) groups excluding carboxylic acids is 1. The molecule has 0 aliphatic carbocycles. The molecule has 1 aromatic heterocycles. The van der Waals surface area contributed by atoms with Gasteiger partial charge in [0.05, 0.1) is 5.92 Å². The Balaban J connectivity index is 1.93. The largest absolute Gasteiger partial charge is 0.326 e. The summed E-state index contributed by atoms with van der Waals surface area (Å²) in [6.45, 7) is 1.95. The molecule has 1 aliphatic rings. The highest BCUT2D eigenvalue weighted by molar-refractivity contribution is 5.92. The summed E-state index contributed by atoms with van der Waals surface area (Å²) in [5.74, 6) is 0.240. The van der Waals surface area contributed by atoms with Crippen molar-refractivity contribution in [2.45, 2.75) is 12.8 Å². The number of likely N-dealkylation sites (tertiary alicyclic amines) is 1. The molecule has 2 heterocycles. The number of nitrogens with one attached hydrogen (secondary N) is 1. The van der Waals surface area contributed by atoms with Gasteiger partial charge in [-0.1, -0.05) is 0 Å². The molecular formula is C12H17N3O. The van der Waals surface area contributed by atoms with E-state index in [4.69, 9.17) is 0 Å². The van der Waals surface area contributed by atoms with Crippen LogP contribution in [0.1, 0.15) is 12.8 Å². The summed E-state index contributed by atoms with van der Waals surface area (Å²) in [4.78, 5) is 18.1. The number of piperidine rings is 1. The van der Waals surface area contributed by atoms with Crippen molar-refractivity contribution in [3.63, 3.8) is 0 Å². The minimum Gasteiger partial charge on any atom is -0.326 e. The van der Waals surface area contributed by atoms with Crippen molar-refractivity contribution in [2.75, 3.05) is 25.5 Å². The summed E-state index contributed by atoms with van der Waals surface area (Å²) in [5.41, 5.74) is 0.827. The SMILES string of the molecule is CN1CCCC(C(=O)Nc2ccncc2)C1. The van der Waals surface area contributed by atoms with Crippen LogP contribution in [0.25, 0.3) is 0 Å². The van der Waals surface area contributed by atoms with Crippen LogP contribution >= 0.6 is 0 Å². The van der Waals surface area contributed by atoms with E-state index in [-0.39, 0.29) is 11.8 Å². The van der Waals surface area contributed by atoms with Crippen LogP contribution in [0.5, 0.6) is 0 Å². The fourth-order valence-corrected chi connectivity index (χ4v) is 2.06. The maximum atomic E-state index is 12.0. The van der Waals surface area contributed by atoms with Gasteiger partial charge >= 0.3 is 0 Å². The average molecular weight is 219 g/mol. The molecule has 1 atom stereocenters. The number of hydrogen-bond donors (Lipinski definition) is 1. The molecule has 1 aromatic rings. The molecule has 0 spiro atoms. The van der Waals surface area contributed by atoms with Crippen LogP contribution in [0.3, 0.4) is 0 Å². The molecule has 0 bridgehead atoms. The van der Waals surface area contributed by atoms with Crippen LogP contribution in [0, 0.1) is 5.92 Å². The van der Waals surface area contributed by atoms with Crippen molar-refractivity contribution in [1.82, 2.24) is 9.88 Å². The van der Waals surface area contributed by atoms with E-state index in [2.05, 4.69) is 22.2 Å². The summed E-state index contributed by atoms with van der Waals surface area (Å²) >= 11 is 0. The average Bonchev–Trinajstić information content (AvgIpc) is 2.30. The molecule has 16 heavy (non-hydrogen) atoms. The van der Waals surface area contributed by atoms with Crippen molar-refractivity contribution in [3.05, 3.63) is 24.5 Å². The Morgan fingerprint density at radius 2 is 2.25 bits per heavy atom. The topological polar surface area (TPSA) is 45.2 Å². The molecule has 4 heteroatoms. The Morgan fingerprint density at radius 3 is 2.94 bits per heavy atom. The first-order valence-electron chi connectivity index (χ1n) is 5.65. The lowest BCUT2D eigenvalue weighted by atomic mass is 9.97. The molecule has 1 aliphatic heterocycles. The molecule has 1 unspecified atom stereocenters. The molecule has 4 nitrogen and oxygen atoms in total. The standard InChI is InChI=1S/C12H17N3O/c1-15-8-2-3-10(9-15)12(16)14-11-4-6-13-7-5-11/h4-7,10H,2-3,8-9H2,1H3,(H,13,14,16). The van der Waals surface area contributed by atoms with E-state index in [1.165, 1.54) is 0 Å². The van der Waals surface area contributed by atoms with Gasteiger partial charge in [0.2, 0.25) is 5.91 Å². The van der Waals surface area contributed by atoms with Gasteiger partial charge in [0.25, 0.3) is 0 Å². The van der Waals surface area contributed by atoms with Gasteiger partial charge in [-0.25, -0.2) is 0 Å². The van der Waals surface area contributed by atoms with E-state index in [1.807, 2.05) is 12.1 Å². The third-order valence-electron chi connectivity index (χ3n) is 2.94. The highest BCUT2D eigenvalue weighted by Gasteiger charge is 2.23. The third-order valence-corrected chi connectivity index (χ3v) is 2.94. The number of anilines is 1. The Kier molecular flexibility index (Phi) is 3.51. The number of amides is 1. The fraction of sp³-hybridized carbons (Fsp3) is 0.500. The van der Waals surface area contributed by atoms with E-state index in [0.717, 1.165) is 31.6 Å². The van der Waals surface area contributed by atoms with Gasteiger partial charge in [0.1, 0.15) is 0 Å². The molecule has 0 aromatic carbocycles. The van der Waals surface area contributed by atoms with Gasteiger partial charge in [-0.05, 0) is 38.6 Å². The van der Waals surface area contributed by atoms with E-state index in [1.54, 1.807) is 12.4 Å². The lowest BCUT2D eigenvalue weighted by molar-refractivity contribution is -0.121. The van der Waals surface area contributed by atoms with Crippen LogP contribution in [0.2, 0.25) is 0 Å². The fourth-order valence-electron chi connectivity index (χ4n) is 2.06. The minimum atomic E-state index is 0.118. The number of rotatable bonds is 2. The van der Waals surface area contributed by atoms with E-state index < -0.39 is 0 Å². The minimum absolute atomic E-state index is 0.118. The number of nitrogens with zero attached hydrogens (tertiary/aromatic N) is 2. The molecule has 1 fully saturated rings. The number of aromatic nitrogens is 1. The van der Waals surface area contributed by atoms with Crippen molar-refractivity contribution in [1.29, 1.82) is 0 Å². The Labute approximate surface area is 95.7 Å². The first kappa shape index (κ1) is 11.1. The van der Waals surface area contributed by atoms with Crippen LogP contribution in [0.15, 0.2) is 24.5 Å². The summed E-state index contributed by atoms with van der Waals surface area (Å²) in [6, 6.07) is 3.62. The predicted molar refractivity (Wildman–Crippen MR) is 63.1 cm³/mol. The summed E-state index contributed by atoms with van der Waals surface area (Å²) in [5, 5.41) is 2.93. The number of carbonyl (C=O) groups is 1.